The number of para-hydroxylation sites is 1. The van der Waals surface area contributed by atoms with Crippen LogP contribution >= 0.6 is 0 Å². The van der Waals surface area contributed by atoms with Crippen LogP contribution in [0.15, 0.2) is 41.3 Å². The number of nitrogens with zero attached hydrogens (tertiary/aromatic N) is 6. The minimum Gasteiger partial charge on any atom is -0.444 e. The number of amides is 1. The summed E-state index contributed by atoms with van der Waals surface area (Å²) in [6.07, 6.45) is 1.39. The molecular weight excluding hydrogens is 420 g/mol. The van der Waals surface area contributed by atoms with E-state index in [1.165, 1.54) is 4.57 Å². The fourth-order valence-corrected chi connectivity index (χ4v) is 4.09. The van der Waals surface area contributed by atoms with Crippen LogP contribution < -0.4 is 10.6 Å². The number of rotatable bonds is 3. The van der Waals surface area contributed by atoms with Crippen molar-refractivity contribution in [1.29, 1.82) is 0 Å². The smallest absolute Gasteiger partial charge is 0.410 e. The molecule has 0 atom stereocenters. The molecule has 9 heteroatoms. The zero-order chi connectivity index (χ0) is 23.8. The third kappa shape index (κ3) is 4.42. The highest BCUT2D eigenvalue weighted by Gasteiger charge is 2.28. The molecule has 1 aliphatic heterocycles. The second-order valence-electron chi connectivity index (χ2n) is 9.12. The molecule has 1 amide bonds. The van der Waals surface area contributed by atoms with Crippen molar-refractivity contribution in [3.05, 3.63) is 64.0 Å². The van der Waals surface area contributed by atoms with Crippen molar-refractivity contribution in [3.63, 3.8) is 0 Å². The lowest BCUT2D eigenvalue weighted by molar-refractivity contribution is 0.0240. The molecule has 1 aromatic carbocycles. The average Bonchev–Trinajstić information content (AvgIpc) is 3.03. The molecule has 3 heterocycles. The Morgan fingerprint density at radius 2 is 1.85 bits per heavy atom. The summed E-state index contributed by atoms with van der Waals surface area (Å²) in [4.78, 5) is 37.5. The summed E-state index contributed by atoms with van der Waals surface area (Å²) >= 11 is 0. The minimum atomic E-state index is -0.535. The van der Waals surface area contributed by atoms with E-state index in [2.05, 4.69) is 14.7 Å². The maximum absolute atomic E-state index is 13.1. The molecule has 0 spiro atoms. The predicted molar refractivity (Wildman–Crippen MR) is 127 cm³/mol. The number of carbonyl (C=O) groups is 1. The van der Waals surface area contributed by atoms with Gasteiger partial charge in [0, 0.05) is 46.0 Å². The summed E-state index contributed by atoms with van der Waals surface area (Å²) in [6.45, 7) is 15.6. The summed E-state index contributed by atoms with van der Waals surface area (Å²) in [6, 6.07) is 9.22. The largest absolute Gasteiger partial charge is 0.444 e. The van der Waals surface area contributed by atoms with Crippen molar-refractivity contribution in [2.45, 2.75) is 32.9 Å². The molecule has 0 unspecified atom stereocenters. The van der Waals surface area contributed by atoms with Gasteiger partial charge >= 0.3 is 11.8 Å². The number of aromatic nitrogens is 3. The van der Waals surface area contributed by atoms with Crippen molar-refractivity contribution in [2.24, 2.45) is 7.05 Å². The lowest BCUT2D eigenvalue weighted by atomic mass is 10.1. The van der Waals surface area contributed by atoms with E-state index in [-0.39, 0.29) is 18.3 Å². The van der Waals surface area contributed by atoms with Gasteiger partial charge in [0.1, 0.15) is 11.1 Å². The van der Waals surface area contributed by atoms with E-state index in [1.54, 1.807) is 28.8 Å². The standard InChI is InChI=1S/C24H28N6O3/c1-24(2,3)33-23(32)29-14-12-28(13-15-29)19-10-11-26-21-20(19)30(22(31)27(21)5)16-17-8-6-7-9-18(17)25-4/h6-11H,12-16H2,1-3,5H3. The number of pyridine rings is 1. The molecule has 33 heavy (non-hydrogen) atoms. The van der Waals surface area contributed by atoms with Gasteiger partial charge in [0.2, 0.25) is 0 Å². The molecule has 0 radical (unpaired) electrons. The Labute approximate surface area is 192 Å². The van der Waals surface area contributed by atoms with Gasteiger partial charge in [-0.25, -0.2) is 19.4 Å². The molecule has 1 fully saturated rings. The number of aryl methyl sites for hydroxylation is 1. The third-order valence-electron chi connectivity index (χ3n) is 5.70. The van der Waals surface area contributed by atoms with Crippen molar-refractivity contribution < 1.29 is 9.53 Å². The molecule has 0 saturated carbocycles. The average molecular weight is 449 g/mol. The van der Waals surface area contributed by atoms with Crippen LogP contribution in [-0.4, -0.2) is 56.9 Å². The van der Waals surface area contributed by atoms with Crippen LogP contribution in [0.2, 0.25) is 0 Å². The maximum atomic E-state index is 13.1. The highest BCUT2D eigenvalue weighted by atomic mass is 16.6. The normalized spacial score (nSPS) is 14.4. The minimum absolute atomic E-state index is 0.183. The number of piperazine rings is 1. The Hall–Kier alpha value is -3.80. The number of fused-ring (bicyclic) bond motifs is 1. The highest BCUT2D eigenvalue weighted by molar-refractivity contribution is 5.87. The lowest BCUT2D eigenvalue weighted by Crippen LogP contribution is -2.50. The van der Waals surface area contributed by atoms with Gasteiger partial charge in [-0.2, -0.15) is 0 Å². The van der Waals surface area contributed by atoms with Crippen molar-refractivity contribution in [3.8, 4) is 0 Å². The molecular formula is C24H28N6O3. The number of ether oxygens (including phenoxy) is 1. The molecule has 0 aliphatic carbocycles. The van der Waals surface area contributed by atoms with E-state index in [1.807, 2.05) is 45.0 Å². The van der Waals surface area contributed by atoms with Gasteiger partial charge in [0.15, 0.2) is 11.3 Å². The zero-order valence-corrected chi connectivity index (χ0v) is 19.4. The van der Waals surface area contributed by atoms with Crippen LogP contribution in [0, 0.1) is 6.57 Å². The second-order valence-corrected chi connectivity index (χ2v) is 9.12. The Morgan fingerprint density at radius 3 is 2.52 bits per heavy atom. The van der Waals surface area contributed by atoms with Gasteiger partial charge in [-0.05, 0) is 32.4 Å². The van der Waals surface area contributed by atoms with Gasteiger partial charge in [0.25, 0.3) is 0 Å². The van der Waals surface area contributed by atoms with Crippen LogP contribution in [0.1, 0.15) is 26.3 Å². The van der Waals surface area contributed by atoms with E-state index in [0.29, 0.717) is 37.5 Å². The first-order valence-corrected chi connectivity index (χ1v) is 10.9. The van der Waals surface area contributed by atoms with Crippen LogP contribution in [0.4, 0.5) is 16.2 Å². The van der Waals surface area contributed by atoms with Crippen LogP contribution in [-0.2, 0) is 18.3 Å². The Morgan fingerprint density at radius 1 is 1.15 bits per heavy atom. The van der Waals surface area contributed by atoms with Gasteiger partial charge < -0.3 is 14.5 Å². The van der Waals surface area contributed by atoms with Crippen molar-refractivity contribution >= 4 is 28.6 Å². The lowest BCUT2D eigenvalue weighted by Gasteiger charge is -2.37. The summed E-state index contributed by atoms with van der Waals surface area (Å²) in [7, 11) is 1.71. The number of carbonyl (C=O) groups excluding carboxylic acids is 1. The summed E-state index contributed by atoms with van der Waals surface area (Å²) in [5.41, 5.74) is 2.80. The first-order valence-electron chi connectivity index (χ1n) is 10.9. The monoisotopic (exact) mass is 448 g/mol. The SMILES string of the molecule is [C-]#[N+]c1ccccc1Cn1c(=O)n(C)c2nccc(N3CCN(C(=O)OC(C)(C)C)CC3)c21. The molecule has 3 aromatic rings. The molecule has 9 nitrogen and oxygen atoms in total. The number of hydrogen-bond acceptors (Lipinski definition) is 5. The van der Waals surface area contributed by atoms with Gasteiger partial charge in [-0.1, -0.05) is 24.3 Å². The number of imidazole rings is 1. The maximum Gasteiger partial charge on any atom is 0.410 e. The van der Waals surface area contributed by atoms with E-state index < -0.39 is 5.60 Å². The van der Waals surface area contributed by atoms with Crippen molar-refractivity contribution in [2.75, 3.05) is 31.1 Å². The van der Waals surface area contributed by atoms with E-state index in [9.17, 15) is 9.59 Å². The number of anilines is 1. The first kappa shape index (κ1) is 22.4. The number of benzene rings is 1. The highest BCUT2D eigenvalue weighted by Crippen LogP contribution is 2.28. The Bertz CT molecular complexity index is 1290. The van der Waals surface area contributed by atoms with Crippen LogP contribution in [0.5, 0.6) is 0 Å². The predicted octanol–water partition coefficient (Wildman–Crippen LogP) is 3.39. The topological polar surface area (TPSA) is 77.0 Å². The summed E-state index contributed by atoms with van der Waals surface area (Å²) in [5, 5.41) is 0. The molecule has 2 aromatic heterocycles. The molecule has 0 bridgehead atoms. The van der Waals surface area contributed by atoms with Gasteiger partial charge in [-0.15, -0.1) is 0 Å². The second kappa shape index (κ2) is 8.62. The molecule has 1 aliphatic rings. The molecule has 1 saturated heterocycles. The van der Waals surface area contributed by atoms with Gasteiger partial charge in [-0.3, -0.25) is 9.13 Å². The van der Waals surface area contributed by atoms with Crippen LogP contribution in [0.3, 0.4) is 0 Å². The quantitative estimate of drug-likeness (QED) is 0.574. The van der Waals surface area contributed by atoms with Gasteiger partial charge in [0.05, 0.1) is 12.3 Å². The molecule has 0 N–H and O–H groups in total. The summed E-state index contributed by atoms with van der Waals surface area (Å²) < 4.78 is 8.72. The summed E-state index contributed by atoms with van der Waals surface area (Å²) in [5.74, 6) is 0. The Kier molecular flexibility index (Phi) is 5.85. The van der Waals surface area contributed by atoms with E-state index in [0.717, 1.165) is 16.8 Å². The fraction of sp³-hybridized carbons (Fsp3) is 0.417. The van der Waals surface area contributed by atoms with E-state index in [4.69, 9.17) is 11.3 Å². The number of hydrogen-bond donors (Lipinski definition) is 0. The first-order chi connectivity index (χ1) is 15.7. The molecule has 172 valence electrons. The Balaban J connectivity index is 1.66. The fourth-order valence-electron chi connectivity index (χ4n) is 4.09. The third-order valence-corrected chi connectivity index (χ3v) is 5.70. The molecule has 4 rings (SSSR count). The van der Waals surface area contributed by atoms with Crippen molar-refractivity contribution in [1.82, 2.24) is 19.0 Å². The zero-order valence-electron chi connectivity index (χ0n) is 19.4. The van der Waals surface area contributed by atoms with E-state index >= 15 is 0 Å². The van der Waals surface area contributed by atoms with Crippen LogP contribution in [0.25, 0.3) is 16.0 Å².